The number of rotatable bonds is 11. The van der Waals surface area contributed by atoms with E-state index in [1.165, 1.54) is 0 Å². The molecule has 0 fully saturated rings. The number of pyridine rings is 1. The van der Waals surface area contributed by atoms with Gasteiger partial charge in [-0.25, -0.2) is 4.98 Å². The first-order valence-corrected chi connectivity index (χ1v) is 14.7. The number of hydrogen-bond acceptors (Lipinski definition) is 5. The zero-order valence-electron chi connectivity index (χ0n) is 23.3. The Morgan fingerprint density at radius 1 is 1.02 bits per heavy atom. The Hall–Kier alpha value is -3.22. The van der Waals surface area contributed by atoms with Gasteiger partial charge in [0.05, 0.1) is 16.9 Å². The van der Waals surface area contributed by atoms with Crippen LogP contribution in [0.2, 0.25) is 5.02 Å². The van der Waals surface area contributed by atoms with Gasteiger partial charge in [-0.2, -0.15) is 0 Å². The molecule has 1 heterocycles. The second-order valence-electron chi connectivity index (χ2n) is 10.7. The number of carbonyl (C=O) groups is 2. The standard InChI is InChI=1S/C33H34BrClN2O3/c1-5-6-8-13-30(39)40-29-17-15-24(35)19-27(29)37-33(3,4)20-28(38)31-21(2)32(22-11-9-7-10-12-22)36-26-16-14-23(34)18-25(26)31/h7,9-12,14-19,37H,5-6,8,13,20H2,1-4H3. The number of halogens is 2. The maximum atomic E-state index is 14.1. The Bertz CT molecular complexity index is 1540. The molecule has 0 saturated carbocycles. The summed E-state index contributed by atoms with van der Waals surface area (Å²) in [4.78, 5) is 31.4. The number of carbonyl (C=O) groups excluding carboxylic acids is 2. The van der Waals surface area contributed by atoms with Crippen LogP contribution in [0.5, 0.6) is 5.75 Å². The lowest BCUT2D eigenvalue weighted by Crippen LogP contribution is -2.34. The third kappa shape index (κ3) is 7.29. The van der Waals surface area contributed by atoms with Gasteiger partial charge in [-0.1, -0.05) is 77.6 Å². The molecule has 1 aromatic heterocycles. The molecule has 0 aliphatic heterocycles. The SMILES string of the molecule is CCCCCC(=O)Oc1ccc(Cl)cc1NC(C)(C)CC(=O)c1c(C)c(-c2ccccc2)nc2ccc(Br)cc12. The molecular formula is C33H34BrClN2O3. The van der Waals surface area contributed by atoms with Crippen LogP contribution in [0.4, 0.5) is 5.69 Å². The molecule has 0 saturated heterocycles. The molecule has 0 aliphatic carbocycles. The Labute approximate surface area is 249 Å². The first-order chi connectivity index (χ1) is 19.1. The monoisotopic (exact) mass is 620 g/mol. The number of anilines is 1. The van der Waals surface area contributed by atoms with Gasteiger partial charge in [-0.3, -0.25) is 9.59 Å². The number of nitrogens with one attached hydrogen (secondary N) is 1. The number of unbranched alkanes of at least 4 members (excludes halogenated alkanes) is 2. The summed E-state index contributed by atoms with van der Waals surface area (Å²) in [5, 5.41) is 4.72. The van der Waals surface area contributed by atoms with Crippen LogP contribution in [-0.4, -0.2) is 22.3 Å². The summed E-state index contributed by atoms with van der Waals surface area (Å²) in [6.45, 7) is 7.95. The lowest BCUT2D eigenvalue weighted by molar-refractivity contribution is -0.134. The Kier molecular flexibility index (Phi) is 9.64. The molecule has 0 radical (unpaired) electrons. The van der Waals surface area contributed by atoms with E-state index in [-0.39, 0.29) is 18.2 Å². The first kappa shape index (κ1) is 29.8. The van der Waals surface area contributed by atoms with Gasteiger partial charge in [-0.15, -0.1) is 0 Å². The molecule has 4 aromatic rings. The lowest BCUT2D eigenvalue weighted by atomic mass is 9.88. The number of nitrogens with zero attached hydrogens (tertiary/aromatic N) is 1. The van der Waals surface area contributed by atoms with Crippen LogP contribution >= 0.6 is 27.5 Å². The number of hydrogen-bond donors (Lipinski definition) is 1. The van der Waals surface area contributed by atoms with Gasteiger partial charge in [0.15, 0.2) is 11.5 Å². The van der Waals surface area contributed by atoms with Crippen LogP contribution < -0.4 is 10.1 Å². The first-order valence-electron chi connectivity index (χ1n) is 13.5. The van der Waals surface area contributed by atoms with E-state index in [1.807, 2.05) is 69.3 Å². The van der Waals surface area contributed by atoms with Crippen LogP contribution in [0, 0.1) is 6.92 Å². The number of aromatic nitrogens is 1. The highest BCUT2D eigenvalue weighted by Crippen LogP contribution is 2.35. The van der Waals surface area contributed by atoms with Crippen LogP contribution in [0.3, 0.4) is 0 Å². The van der Waals surface area contributed by atoms with Gasteiger partial charge in [-0.05, 0) is 69.2 Å². The van der Waals surface area contributed by atoms with Crippen molar-refractivity contribution in [3.05, 3.63) is 87.4 Å². The summed E-state index contributed by atoms with van der Waals surface area (Å²) >= 11 is 9.86. The number of fused-ring (bicyclic) bond motifs is 1. The maximum Gasteiger partial charge on any atom is 0.311 e. The summed E-state index contributed by atoms with van der Waals surface area (Å²) in [5.74, 6) is 0.0932. The topological polar surface area (TPSA) is 68.3 Å². The van der Waals surface area contributed by atoms with Crippen LogP contribution in [0.15, 0.2) is 71.2 Å². The van der Waals surface area contributed by atoms with Crippen LogP contribution in [0.25, 0.3) is 22.2 Å². The normalized spacial score (nSPS) is 11.4. The quantitative estimate of drug-likeness (QED) is 0.0782. The second kappa shape index (κ2) is 13.0. The lowest BCUT2D eigenvalue weighted by Gasteiger charge is -2.28. The summed E-state index contributed by atoms with van der Waals surface area (Å²) < 4.78 is 6.56. The van der Waals surface area contributed by atoms with Gasteiger partial charge in [0.1, 0.15) is 0 Å². The number of Topliss-reactive ketones (excluding diaryl/α,β-unsaturated/α-hetero) is 1. The Morgan fingerprint density at radius 2 is 1.77 bits per heavy atom. The molecule has 40 heavy (non-hydrogen) atoms. The highest BCUT2D eigenvalue weighted by Gasteiger charge is 2.28. The molecule has 4 rings (SSSR count). The van der Waals surface area contributed by atoms with Gasteiger partial charge < -0.3 is 10.1 Å². The molecule has 0 aliphatic rings. The van der Waals surface area contributed by atoms with E-state index in [2.05, 4.69) is 28.2 Å². The van der Waals surface area contributed by atoms with Crippen molar-refractivity contribution in [1.82, 2.24) is 4.98 Å². The zero-order valence-corrected chi connectivity index (χ0v) is 25.7. The summed E-state index contributed by atoms with van der Waals surface area (Å²) in [7, 11) is 0. The van der Waals surface area contributed by atoms with Gasteiger partial charge in [0, 0.05) is 44.4 Å². The number of esters is 1. The average Bonchev–Trinajstić information content (AvgIpc) is 2.90. The number of benzene rings is 3. The molecule has 0 amide bonds. The predicted molar refractivity (Wildman–Crippen MR) is 167 cm³/mol. The van der Waals surface area contributed by atoms with E-state index in [0.717, 1.165) is 51.5 Å². The largest absolute Gasteiger partial charge is 0.424 e. The highest BCUT2D eigenvalue weighted by atomic mass is 79.9. The summed E-state index contributed by atoms with van der Waals surface area (Å²) in [5.41, 5.74) is 3.87. The molecule has 208 valence electrons. The Balaban J connectivity index is 1.65. The minimum atomic E-state index is -0.688. The average molecular weight is 622 g/mol. The smallest absolute Gasteiger partial charge is 0.311 e. The van der Waals surface area contributed by atoms with E-state index in [4.69, 9.17) is 21.3 Å². The minimum absolute atomic E-state index is 0.0159. The summed E-state index contributed by atoms with van der Waals surface area (Å²) in [6, 6.07) is 20.8. The van der Waals surface area contributed by atoms with Crippen LogP contribution in [-0.2, 0) is 4.79 Å². The fraction of sp³-hybridized carbons (Fsp3) is 0.303. The maximum absolute atomic E-state index is 14.1. The molecule has 5 nitrogen and oxygen atoms in total. The van der Waals surface area contributed by atoms with Crippen molar-refractivity contribution in [2.24, 2.45) is 0 Å². The zero-order chi connectivity index (χ0) is 28.9. The molecule has 0 bridgehead atoms. The molecule has 1 N–H and O–H groups in total. The van der Waals surface area contributed by atoms with Gasteiger partial charge in [0.2, 0.25) is 0 Å². The second-order valence-corrected chi connectivity index (χ2v) is 12.0. The third-order valence-corrected chi connectivity index (χ3v) is 7.47. The molecule has 7 heteroatoms. The van der Waals surface area contributed by atoms with Crippen molar-refractivity contribution in [1.29, 1.82) is 0 Å². The Morgan fingerprint density at radius 3 is 2.50 bits per heavy atom. The fourth-order valence-corrected chi connectivity index (χ4v) is 5.38. The predicted octanol–water partition coefficient (Wildman–Crippen LogP) is 9.58. The molecule has 0 atom stereocenters. The molecular weight excluding hydrogens is 588 g/mol. The summed E-state index contributed by atoms with van der Waals surface area (Å²) in [6.07, 6.45) is 3.32. The van der Waals surface area contributed by atoms with Gasteiger partial charge in [0.25, 0.3) is 0 Å². The van der Waals surface area contributed by atoms with Crippen molar-refractivity contribution in [3.8, 4) is 17.0 Å². The third-order valence-electron chi connectivity index (χ3n) is 6.74. The van der Waals surface area contributed by atoms with Crippen molar-refractivity contribution >= 4 is 55.9 Å². The van der Waals surface area contributed by atoms with Crippen molar-refractivity contribution in [3.63, 3.8) is 0 Å². The van der Waals surface area contributed by atoms with E-state index in [0.29, 0.717) is 28.4 Å². The molecule has 0 spiro atoms. The van der Waals surface area contributed by atoms with E-state index in [9.17, 15) is 9.59 Å². The number of ketones is 1. The van der Waals surface area contributed by atoms with Crippen LogP contribution in [0.1, 0.15) is 68.8 Å². The fourth-order valence-electron chi connectivity index (χ4n) is 4.85. The van der Waals surface area contributed by atoms with E-state index >= 15 is 0 Å². The van der Waals surface area contributed by atoms with E-state index < -0.39 is 5.54 Å². The minimum Gasteiger partial charge on any atom is -0.424 e. The van der Waals surface area contributed by atoms with E-state index in [1.54, 1.807) is 18.2 Å². The highest BCUT2D eigenvalue weighted by molar-refractivity contribution is 9.10. The van der Waals surface area contributed by atoms with Crippen molar-refractivity contribution in [2.75, 3.05) is 5.32 Å². The molecule has 0 unspecified atom stereocenters. The van der Waals surface area contributed by atoms with Crippen molar-refractivity contribution < 1.29 is 14.3 Å². The number of ether oxygens (including phenoxy) is 1. The molecule has 3 aromatic carbocycles. The van der Waals surface area contributed by atoms with Crippen molar-refractivity contribution in [2.45, 2.75) is 65.3 Å². The van der Waals surface area contributed by atoms with Gasteiger partial charge >= 0.3 is 5.97 Å².